The third-order valence-corrected chi connectivity index (χ3v) is 5.01. The monoisotopic (exact) mass is 482 g/mol. The second kappa shape index (κ2) is 10.9. The van der Waals surface area contributed by atoms with Crippen LogP contribution in [0.3, 0.4) is 0 Å². The number of carbonyl (C=O) groups excluding carboxylic acids is 1. The number of methoxy groups -OCH3 is 1. The van der Waals surface area contributed by atoms with E-state index in [2.05, 4.69) is 20.7 Å². The van der Waals surface area contributed by atoms with Crippen LogP contribution in [0.2, 0.25) is 10.0 Å². The van der Waals surface area contributed by atoms with Gasteiger partial charge in [0.15, 0.2) is 18.1 Å². The number of aromatic nitrogens is 2. The number of hydrazone groups is 1. The summed E-state index contributed by atoms with van der Waals surface area (Å²) in [6.45, 7) is 0.00936. The number of hydrogen-bond acceptors (Lipinski definition) is 9. The summed E-state index contributed by atoms with van der Waals surface area (Å²) in [5, 5.41) is 22.5. The van der Waals surface area contributed by atoms with E-state index in [4.69, 9.17) is 37.1 Å². The fourth-order valence-electron chi connectivity index (χ4n) is 2.23. The number of hydrogen-bond donors (Lipinski definition) is 2. The van der Waals surface area contributed by atoms with Crippen molar-refractivity contribution in [3.05, 3.63) is 57.9 Å². The Labute approximate surface area is 191 Å². The van der Waals surface area contributed by atoms with Crippen LogP contribution in [-0.2, 0) is 11.4 Å². The van der Waals surface area contributed by atoms with Crippen LogP contribution in [0, 0.1) is 0 Å². The zero-order valence-electron chi connectivity index (χ0n) is 16.0. The Morgan fingerprint density at radius 1 is 1.29 bits per heavy atom. The normalized spacial score (nSPS) is 10.9. The van der Waals surface area contributed by atoms with E-state index in [1.165, 1.54) is 13.3 Å². The first kappa shape index (κ1) is 22.7. The number of para-hydroxylation sites is 1. The van der Waals surface area contributed by atoms with Crippen molar-refractivity contribution < 1.29 is 23.8 Å². The van der Waals surface area contributed by atoms with E-state index in [-0.39, 0.29) is 29.2 Å². The van der Waals surface area contributed by atoms with Gasteiger partial charge in [-0.25, -0.2) is 5.43 Å². The zero-order valence-corrected chi connectivity index (χ0v) is 18.4. The van der Waals surface area contributed by atoms with Gasteiger partial charge in [-0.15, -0.1) is 10.2 Å². The minimum atomic E-state index is -0.396. The third-order valence-electron chi connectivity index (χ3n) is 3.66. The maximum absolute atomic E-state index is 11.9. The number of halogens is 2. The molecule has 0 bridgehead atoms. The second-order valence-electron chi connectivity index (χ2n) is 5.81. The summed E-state index contributed by atoms with van der Waals surface area (Å²) in [5.41, 5.74) is 2.75. The van der Waals surface area contributed by atoms with Crippen LogP contribution in [0.25, 0.3) is 0 Å². The molecule has 0 saturated heterocycles. The predicted octanol–water partition coefficient (Wildman–Crippen LogP) is 3.91. The van der Waals surface area contributed by atoms with Gasteiger partial charge in [-0.3, -0.25) is 4.79 Å². The highest BCUT2D eigenvalue weighted by Crippen LogP contribution is 2.29. The minimum Gasteiger partial charge on any atom is -0.504 e. The molecule has 0 spiro atoms. The number of phenols is 1. The van der Waals surface area contributed by atoms with Crippen LogP contribution in [0.4, 0.5) is 0 Å². The Kier molecular flexibility index (Phi) is 7.99. The summed E-state index contributed by atoms with van der Waals surface area (Å²) in [6, 6.07) is 9.76. The lowest BCUT2D eigenvalue weighted by molar-refractivity contribution is -0.118. The van der Waals surface area contributed by atoms with Gasteiger partial charge in [0.25, 0.3) is 17.0 Å². The number of nitrogens with zero attached hydrogens (tertiary/aromatic N) is 3. The first-order valence-corrected chi connectivity index (χ1v) is 10.4. The fraction of sp³-hybridized carbons (Fsp3) is 0.158. The van der Waals surface area contributed by atoms with E-state index in [0.29, 0.717) is 27.1 Å². The fourth-order valence-corrected chi connectivity index (χ4v) is 3.26. The number of carbonyl (C=O) groups is 1. The van der Waals surface area contributed by atoms with Gasteiger partial charge in [0.05, 0.1) is 24.1 Å². The third kappa shape index (κ3) is 6.51. The van der Waals surface area contributed by atoms with Crippen LogP contribution >= 0.6 is 35.0 Å². The van der Waals surface area contributed by atoms with Crippen molar-refractivity contribution in [2.75, 3.05) is 12.9 Å². The molecule has 0 radical (unpaired) electrons. The molecule has 0 aliphatic heterocycles. The van der Waals surface area contributed by atoms with Crippen molar-refractivity contribution in [2.45, 2.75) is 11.8 Å². The first-order valence-electron chi connectivity index (χ1n) is 8.67. The molecule has 3 aromatic rings. The molecule has 2 N–H and O–H groups in total. The predicted molar refractivity (Wildman–Crippen MR) is 116 cm³/mol. The van der Waals surface area contributed by atoms with Crippen molar-refractivity contribution in [3.8, 4) is 17.2 Å². The van der Waals surface area contributed by atoms with Gasteiger partial charge in [0.1, 0.15) is 5.75 Å². The van der Waals surface area contributed by atoms with Gasteiger partial charge in [-0.2, -0.15) is 5.10 Å². The molecule has 0 fully saturated rings. The van der Waals surface area contributed by atoms with Crippen molar-refractivity contribution in [3.63, 3.8) is 0 Å². The Bertz CT molecular complexity index is 1090. The van der Waals surface area contributed by atoms with Crippen LogP contribution in [-0.4, -0.2) is 40.3 Å². The molecule has 0 aliphatic rings. The van der Waals surface area contributed by atoms with E-state index in [0.717, 1.165) is 11.8 Å². The highest BCUT2D eigenvalue weighted by atomic mass is 35.5. The lowest BCUT2D eigenvalue weighted by Gasteiger charge is -2.05. The average Bonchev–Trinajstić information content (AvgIpc) is 3.21. The van der Waals surface area contributed by atoms with E-state index in [1.807, 2.05) is 0 Å². The van der Waals surface area contributed by atoms with Crippen molar-refractivity contribution in [1.29, 1.82) is 0 Å². The SMILES string of the molecule is COc1cccc(/C=N\NC(=O)CSc2nnc(COc3ccc(Cl)cc3Cl)o2)c1O. The Morgan fingerprint density at radius 3 is 2.90 bits per heavy atom. The van der Waals surface area contributed by atoms with Crippen molar-refractivity contribution in [2.24, 2.45) is 5.10 Å². The molecule has 0 saturated carbocycles. The molecule has 0 unspecified atom stereocenters. The Hall–Kier alpha value is -2.95. The topological polar surface area (TPSA) is 119 Å². The summed E-state index contributed by atoms with van der Waals surface area (Å²) in [6.07, 6.45) is 1.31. The van der Waals surface area contributed by atoms with Crippen LogP contribution in [0.1, 0.15) is 11.5 Å². The Balaban J connectivity index is 1.45. The zero-order chi connectivity index (χ0) is 22.2. The van der Waals surface area contributed by atoms with Crippen LogP contribution < -0.4 is 14.9 Å². The molecule has 1 heterocycles. The number of rotatable bonds is 9. The van der Waals surface area contributed by atoms with Gasteiger partial charge >= 0.3 is 0 Å². The van der Waals surface area contributed by atoms with Crippen LogP contribution in [0.5, 0.6) is 17.2 Å². The Morgan fingerprint density at radius 2 is 2.13 bits per heavy atom. The van der Waals surface area contributed by atoms with Gasteiger partial charge in [-0.05, 0) is 30.3 Å². The molecule has 162 valence electrons. The summed E-state index contributed by atoms with van der Waals surface area (Å²) in [7, 11) is 1.44. The molecule has 12 heteroatoms. The van der Waals surface area contributed by atoms with E-state index in [9.17, 15) is 9.90 Å². The number of amides is 1. The summed E-state index contributed by atoms with van der Waals surface area (Å²) >= 11 is 12.9. The van der Waals surface area contributed by atoms with Gasteiger partial charge in [-0.1, -0.05) is 41.0 Å². The number of benzene rings is 2. The van der Waals surface area contributed by atoms with Crippen molar-refractivity contribution >= 4 is 47.1 Å². The van der Waals surface area contributed by atoms with E-state index < -0.39 is 5.91 Å². The number of nitrogens with one attached hydrogen (secondary N) is 1. The number of phenolic OH excluding ortho intramolecular Hbond substituents is 1. The summed E-state index contributed by atoms with van der Waals surface area (Å²) in [5.74, 6) is 0.483. The van der Waals surface area contributed by atoms with E-state index in [1.54, 1.807) is 36.4 Å². The number of ether oxygens (including phenoxy) is 2. The quantitative estimate of drug-likeness (QED) is 0.267. The maximum Gasteiger partial charge on any atom is 0.277 e. The standard InChI is InChI=1S/C19H16Cl2N4O5S/c1-28-15-4-2-3-11(18(15)27)8-22-23-16(26)10-31-19-25-24-17(30-19)9-29-14-6-5-12(20)7-13(14)21/h2-8,27H,9-10H2,1H3,(H,23,26)/b22-8-. The molecule has 0 aliphatic carbocycles. The molecule has 1 amide bonds. The molecule has 9 nitrogen and oxygen atoms in total. The molecule has 31 heavy (non-hydrogen) atoms. The van der Waals surface area contributed by atoms with Gasteiger partial charge < -0.3 is 19.0 Å². The smallest absolute Gasteiger partial charge is 0.277 e. The maximum atomic E-state index is 11.9. The lowest BCUT2D eigenvalue weighted by atomic mass is 10.2. The number of aromatic hydroxyl groups is 1. The molecular weight excluding hydrogens is 467 g/mol. The lowest BCUT2D eigenvalue weighted by Crippen LogP contribution is -2.19. The number of thioether (sulfide) groups is 1. The summed E-state index contributed by atoms with van der Waals surface area (Å²) in [4.78, 5) is 11.9. The molecule has 3 rings (SSSR count). The van der Waals surface area contributed by atoms with E-state index >= 15 is 0 Å². The van der Waals surface area contributed by atoms with Gasteiger partial charge in [0.2, 0.25) is 0 Å². The highest BCUT2D eigenvalue weighted by Gasteiger charge is 2.11. The molecular formula is C19H16Cl2N4O5S. The largest absolute Gasteiger partial charge is 0.504 e. The highest BCUT2D eigenvalue weighted by molar-refractivity contribution is 7.99. The van der Waals surface area contributed by atoms with Gasteiger partial charge in [0, 0.05) is 10.6 Å². The molecule has 0 atom stereocenters. The minimum absolute atomic E-state index is 0.00701. The molecule has 1 aromatic heterocycles. The van der Waals surface area contributed by atoms with Crippen molar-refractivity contribution in [1.82, 2.24) is 15.6 Å². The summed E-state index contributed by atoms with van der Waals surface area (Å²) < 4.78 is 15.9. The second-order valence-corrected chi connectivity index (χ2v) is 7.58. The first-order chi connectivity index (χ1) is 15.0. The average molecular weight is 483 g/mol. The molecule has 2 aromatic carbocycles. The van der Waals surface area contributed by atoms with Crippen LogP contribution in [0.15, 0.2) is 51.1 Å².